The van der Waals surface area contributed by atoms with Gasteiger partial charge in [0.1, 0.15) is 11.6 Å². The van der Waals surface area contributed by atoms with Crippen molar-refractivity contribution in [1.82, 2.24) is 5.43 Å². The van der Waals surface area contributed by atoms with E-state index in [1.54, 1.807) is 18.3 Å². The number of hydrazone groups is 1. The second kappa shape index (κ2) is 6.54. The van der Waals surface area contributed by atoms with Crippen LogP contribution in [0.4, 0.5) is 0 Å². The summed E-state index contributed by atoms with van der Waals surface area (Å²) in [4.78, 5) is 4.41. The van der Waals surface area contributed by atoms with Gasteiger partial charge in [0.05, 0.1) is 6.21 Å². The van der Waals surface area contributed by atoms with Crippen LogP contribution in [-0.4, -0.2) is 23.7 Å². The Balaban J connectivity index is 1.98. The highest BCUT2D eigenvalue weighted by Crippen LogP contribution is 2.19. The van der Waals surface area contributed by atoms with E-state index in [4.69, 9.17) is 0 Å². The van der Waals surface area contributed by atoms with Crippen LogP contribution >= 0.6 is 15.9 Å². The number of aliphatic imine (C=N–C) groups is 1. The van der Waals surface area contributed by atoms with Crippen LogP contribution in [-0.2, 0) is 0 Å². The number of aromatic hydroxyl groups is 1. The van der Waals surface area contributed by atoms with Crippen molar-refractivity contribution in [2.75, 3.05) is 6.54 Å². The first-order chi connectivity index (χ1) is 8.75. The second-order valence-electron chi connectivity index (χ2n) is 4.21. The Morgan fingerprint density at radius 1 is 1.33 bits per heavy atom. The fraction of sp³-hybridized carbons (Fsp3) is 0.385. The molecule has 2 rings (SSSR count). The van der Waals surface area contributed by atoms with Gasteiger partial charge in [-0.25, -0.2) is 0 Å². The van der Waals surface area contributed by atoms with Crippen molar-refractivity contribution in [3.63, 3.8) is 0 Å². The number of hydrogen-bond acceptors (Lipinski definition) is 4. The van der Waals surface area contributed by atoms with Crippen molar-refractivity contribution >= 4 is 28.0 Å². The molecule has 1 heterocycles. The number of phenols is 1. The Kier molecular flexibility index (Phi) is 4.75. The van der Waals surface area contributed by atoms with Crippen LogP contribution in [0.5, 0.6) is 5.75 Å². The Morgan fingerprint density at radius 3 is 3.11 bits per heavy atom. The standard InChI is InChI=1S/C13H16BrN3O/c14-11-5-6-12(18)10(8-11)9-16-17-13-4-2-1-3-7-15-13/h5-6,8-9,18H,1-4,7H2,(H,15,17). The molecule has 0 aromatic heterocycles. The monoisotopic (exact) mass is 309 g/mol. The van der Waals surface area contributed by atoms with Gasteiger partial charge in [-0.1, -0.05) is 22.4 Å². The number of benzene rings is 1. The topological polar surface area (TPSA) is 57.0 Å². The predicted octanol–water partition coefficient (Wildman–Crippen LogP) is 3.05. The minimum atomic E-state index is 0.214. The van der Waals surface area contributed by atoms with E-state index in [2.05, 4.69) is 31.4 Å². The molecule has 0 saturated carbocycles. The van der Waals surface area contributed by atoms with Crippen molar-refractivity contribution in [2.24, 2.45) is 10.1 Å². The molecular weight excluding hydrogens is 294 g/mol. The fourth-order valence-electron chi connectivity index (χ4n) is 1.77. The highest BCUT2D eigenvalue weighted by molar-refractivity contribution is 9.10. The van der Waals surface area contributed by atoms with Gasteiger partial charge in [-0.3, -0.25) is 10.4 Å². The van der Waals surface area contributed by atoms with Crippen molar-refractivity contribution in [3.05, 3.63) is 28.2 Å². The lowest BCUT2D eigenvalue weighted by atomic mass is 10.2. The van der Waals surface area contributed by atoms with Crippen LogP contribution in [0, 0.1) is 0 Å². The van der Waals surface area contributed by atoms with Crippen molar-refractivity contribution in [3.8, 4) is 5.75 Å². The maximum absolute atomic E-state index is 9.65. The number of hydrogen-bond donors (Lipinski definition) is 2. The molecule has 0 bridgehead atoms. The van der Waals surface area contributed by atoms with Gasteiger partial charge in [-0.05, 0) is 31.0 Å². The highest BCUT2D eigenvalue weighted by atomic mass is 79.9. The maximum Gasteiger partial charge on any atom is 0.124 e. The molecule has 1 aliphatic heterocycles. The average Bonchev–Trinajstić information content (AvgIpc) is 2.62. The molecule has 0 aliphatic carbocycles. The lowest BCUT2D eigenvalue weighted by molar-refractivity contribution is 0.474. The minimum absolute atomic E-state index is 0.214. The first-order valence-corrected chi connectivity index (χ1v) is 6.86. The molecule has 0 saturated heterocycles. The van der Waals surface area contributed by atoms with Crippen molar-refractivity contribution < 1.29 is 5.11 Å². The van der Waals surface area contributed by atoms with Crippen LogP contribution in [0.25, 0.3) is 0 Å². The zero-order valence-electron chi connectivity index (χ0n) is 10.1. The van der Waals surface area contributed by atoms with E-state index in [1.165, 1.54) is 6.42 Å². The summed E-state index contributed by atoms with van der Waals surface area (Å²) in [7, 11) is 0. The molecule has 0 unspecified atom stereocenters. The molecule has 18 heavy (non-hydrogen) atoms. The van der Waals surface area contributed by atoms with E-state index < -0.39 is 0 Å². The van der Waals surface area contributed by atoms with Crippen LogP contribution < -0.4 is 5.43 Å². The molecule has 0 amide bonds. The molecule has 1 aliphatic rings. The van der Waals surface area contributed by atoms with Crippen molar-refractivity contribution in [2.45, 2.75) is 25.7 Å². The Morgan fingerprint density at radius 2 is 2.22 bits per heavy atom. The van der Waals surface area contributed by atoms with E-state index in [1.807, 2.05) is 6.07 Å². The summed E-state index contributed by atoms with van der Waals surface area (Å²) in [5, 5.41) is 13.8. The molecule has 4 nitrogen and oxygen atoms in total. The molecular formula is C13H16BrN3O. The molecule has 0 atom stereocenters. The molecule has 0 fully saturated rings. The number of rotatable bonds is 2. The largest absolute Gasteiger partial charge is 0.507 e. The van der Waals surface area contributed by atoms with Crippen LogP contribution in [0.15, 0.2) is 32.8 Å². The Bertz CT molecular complexity index is 471. The highest BCUT2D eigenvalue weighted by Gasteiger charge is 2.03. The van der Waals surface area contributed by atoms with E-state index in [9.17, 15) is 5.11 Å². The maximum atomic E-state index is 9.65. The van der Waals surface area contributed by atoms with Gasteiger partial charge >= 0.3 is 0 Å². The van der Waals surface area contributed by atoms with Gasteiger partial charge in [0.2, 0.25) is 0 Å². The fourth-order valence-corrected chi connectivity index (χ4v) is 2.15. The summed E-state index contributed by atoms with van der Waals surface area (Å²) in [5.74, 6) is 1.14. The predicted molar refractivity (Wildman–Crippen MR) is 77.3 cm³/mol. The van der Waals surface area contributed by atoms with Gasteiger partial charge in [0, 0.05) is 23.0 Å². The third-order valence-electron chi connectivity index (χ3n) is 2.76. The smallest absolute Gasteiger partial charge is 0.124 e. The van der Waals surface area contributed by atoms with Crippen LogP contribution in [0.3, 0.4) is 0 Å². The summed E-state index contributed by atoms with van der Waals surface area (Å²) >= 11 is 3.36. The zero-order chi connectivity index (χ0) is 12.8. The van der Waals surface area contributed by atoms with Gasteiger partial charge in [0.25, 0.3) is 0 Å². The summed E-state index contributed by atoms with van der Waals surface area (Å²) in [6.45, 7) is 0.875. The van der Waals surface area contributed by atoms with Gasteiger partial charge in [-0.15, -0.1) is 0 Å². The van der Waals surface area contributed by atoms with E-state index in [-0.39, 0.29) is 5.75 Å². The first-order valence-electron chi connectivity index (χ1n) is 6.06. The lowest BCUT2D eigenvalue weighted by Crippen LogP contribution is -2.17. The molecule has 0 spiro atoms. The molecule has 1 aromatic rings. The third-order valence-corrected chi connectivity index (χ3v) is 3.25. The van der Waals surface area contributed by atoms with Gasteiger partial charge in [0.15, 0.2) is 0 Å². The first kappa shape index (κ1) is 13.1. The molecule has 2 N–H and O–H groups in total. The number of phenolic OH excluding ortho intramolecular Hbond substituents is 1. The average molecular weight is 310 g/mol. The Labute approximate surface area is 115 Å². The SMILES string of the molecule is Oc1ccc(Br)cc1C=NNC1=NCCCCC1. The molecule has 1 aromatic carbocycles. The molecule has 96 valence electrons. The van der Waals surface area contributed by atoms with Crippen LogP contribution in [0.1, 0.15) is 31.2 Å². The zero-order valence-corrected chi connectivity index (χ0v) is 11.7. The third kappa shape index (κ3) is 3.84. The summed E-state index contributed by atoms with van der Waals surface area (Å²) < 4.78 is 0.911. The molecule has 5 heteroatoms. The molecule has 0 radical (unpaired) electrons. The lowest BCUT2D eigenvalue weighted by Gasteiger charge is -2.03. The second-order valence-corrected chi connectivity index (χ2v) is 5.13. The summed E-state index contributed by atoms with van der Waals surface area (Å²) in [6, 6.07) is 5.24. The quantitative estimate of drug-likeness (QED) is 0.651. The van der Waals surface area contributed by atoms with Gasteiger partial charge in [-0.2, -0.15) is 5.10 Å². The van der Waals surface area contributed by atoms with E-state index >= 15 is 0 Å². The summed E-state index contributed by atoms with van der Waals surface area (Å²) in [6.07, 6.45) is 6.09. The normalized spacial score (nSPS) is 16.4. The number of nitrogens with zero attached hydrogens (tertiary/aromatic N) is 2. The van der Waals surface area contributed by atoms with Crippen molar-refractivity contribution in [1.29, 1.82) is 0 Å². The Hall–Kier alpha value is -1.36. The number of amidine groups is 1. The van der Waals surface area contributed by atoms with E-state index in [0.717, 1.165) is 36.1 Å². The van der Waals surface area contributed by atoms with Crippen LogP contribution in [0.2, 0.25) is 0 Å². The number of nitrogens with one attached hydrogen (secondary N) is 1. The number of halogens is 1. The summed E-state index contributed by atoms with van der Waals surface area (Å²) in [5.41, 5.74) is 3.62. The minimum Gasteiger partial charge on any atom is -0.507 e. The van der Waals surface area contributed by atoms with E-state index in [0.29, 0.717) is 5.56 Å². The van der Waals surface area contributed by atoms with Gasteiger partial charge < -0.3 is 5.11 Å².